The molecule has 0 radical (unpaired) electrons. The molecule has 0 saturated carbocycles. The maximum atomic E-state index is 12.2. The van der Waals surface area contributed by atoms with Gasteiger partial charge in [0.15, 0.2) is 5.00 Å². The van der Waals surface area contributed by atoms with Crippen LogP contribution in [0.4, 0.5) is 16.4 Å². The molecule has 1 aromatic carbocycles. The predicted octanol–water partition coefficient (Wildman–Crippen LogP) is 2.76. The van der Waals surface area contributed by atoms with Crippen LogP contribution in [-0.2, 0) is 10.0 Å². The van der Waals surface area contributed by atoms with Crippen LogP contribution in [0.2, 0.25) is 0 Å². The monoisotopic (exact) mass is 345 g/mol. The number of benzene rings is 1. The first-order chi connectivity index (χ1) is 9.83. The number of thiophene rings is 1. The number of nitro groups is 1. The van der Waals surface area contributed by atoms with E-state index < -0.39 is 20.6 Å². The van der Waals surface area contributed by atoms with Gasteiger partial charge in [0, 0.05) is 16.6 Å². The number of rotatable bonds is 5. The molecule has 3 N–H and O–H groups in total. The van der Waals surface area contributed by atoms with Gasteiger partial charge in [0.1, 0.15) is 4.21 Å². The summed E-state index contributed by atoms with van der Waals surface area (Å²) in [5.41, 5.74) is 5.42. The van der Waals surface area contributed by atoms with E-state index in [-0.39, 0.29) is 9.21 Å². The Kier molecular flexibility index (Phi) is 4.40. The molecule has 0 amide bonds. The van der Waals surface area contributed by atoms with E-state index in [1.807, 2.05) is 6.26 Å². The van der Waals surface area contributed by atoms with E-state index >= 15 is 0 Å². The number of nitrogens with zero attached hydrogens (tertiary/aromatic N) is 1. The number of hydrogen-bond donors (Lipinski definition) is 2. The Morgan fingerprint density at radius 3 is 2.43 bits per heavy atom. The van der Waals surface area contributed by atoms with E-state index in [0.717, 1.165) is 11.0 Å². The molecule has 0 spiro atoms. The molecule has 10 heteroatoms. The van der Waals surface area contributed by atoms with Gasteiger partial charge in [-0.25, -0.2) is 8.42 Å². The maximum Gasteiger partial charge on any atom is 0.304 e. The van der Waals surface area contributed by atoms with Gasteiger partial charge < -0.3 is 5.73 Å². The fraction of sp³-hybridized carbons (Fsp3) is 0.0909. The highest BCUT2D eigenvalue weighted by Crippen LogP contribution is 2.35. The summed E-state index contributed by atoms with van der Waals surface area (Å²) in [6.07, 6.45) is 1.91. The van der Waals surface area contributed by atoms with Crippen molar-refractivity contribution in [2.75, 3.05) is 16.7 Å². The van der Waals surface area contributed by atoms with Crippen molar-refractivity contribution in [2.24, 2.45) is 0 Å². The quantitative estimate of drug-likeness (QED) is 0.489. The first-order valence-electron chi connectivity index (χ1n) is 5.54. The minimum atomic E-state index is -3.89. The molecule has 1 heterocycles. The highest BCUT2D eigenvalue weighted by Gasteiger charge is 2.24. The SMILES string of the molecule is CSc1ccc(NS(=O)(=O)c2cc([N+](=O)[O-])c(N)s2)cc1. The van der Waals surface area contributed by atoms with Crippen LogP contribution in [0.5, 0.6) is 0 Å². The zero-order valence-electron chi connectivity index (χ0n) is 10.8. The minimum absolute atomic E-state index is 0.141. The molecule has 0 fully saturated rings. The molecular formula is C11H11N3O4S3. The second-order valence-corrected chi connectivity index (χ2v) is 7.78. The lowest BCUT2D eigenvalue weighted by Gasteiger charge is -2.06. The van der Waals surface area contributed by atoms with Crippen LogP contribution in [0.15, 0.2) is 39.4 Å². The van der Waals surface area contributed by atoms with Crippen molar-refractivity contribution in [2.45, 2.75) is 9.10 Å². The van der Waals surface area contributed by atoms with Gasteiger partial charge in [-0.15, -0.1) is 11.8 Å². The molecule has 2 rings (SSSR count). The van der Waals surface area contributed by atoms with E-state index in [2.05, 4.69) is 4.72 Å². The van der Waals surface area contributed by atoms with Crippen molar-refractivity contribution in [1.82, 2.24) is 0 Å². The Morgan fingerprint density at radius 2 is 1.95 bits per heavy atom. The van der Waals surface area contributed by atoms with Crippen LogP contribution in [0, 0.1) is 10.1 Å². The van der Waals surface area contributed by atoms with Crippen LogP contribution in [0.25, 0.3) is 0 Å². The molecule has 1 aromatic heterocycles. The molecule has 0 atom stereocenters. The van der Waals surface area contributed by atoms with Crippen LogP contribution >= 0.6 is 23.1 Å². The third-order valence-electron chi connectivity index (χ3n) is 2.52. The summed E-state index contributed by atoms with van der Waals surface area (Å²) >= 11 is 2.19. The molecule has 2 aromatic rings. The molecule has 0 aliphatic heterocycles. The smallest absolute Gasteiger partial charge is 0.304 e. The number of anilines is 2. The fourth-order valence-corrected chi connectivity index (χ4v) is 4.19. The number of thioether (sulfide) groups is 1. The van der Waals surface area contributed by atoms with Crippen molar-refractivity contribution >= 4 is 49.5 Å². The summed E-state index contributed by atoms with van der Waals surface area (Å²) in [5, 5.41) is 10.6. The topological polar surface area (TPSA) is 115 Å². The van der Waals surface area contributed by atoms with Gasteiger partial charge in [-0.3, -0.25) is 14.8 Å². The highest BCUT2D eigenvalue weighted by molar-refractivity contribution is 7.98. The maximum absolute atomic E-state index is 12.2. The molecule has 112 valence electrons. The van der Waals surface area contributed by atoms with Crippen molar-refractivity contribution in [3.8, 4) is 0 Å². The average molecular weight is 345 g/mol. The van der Waals surface area contributed by atoms with Crippen LogP contribution < -0.4 is 10.5 Å². The summed E-state index contributed by atoms with van der Waals surface area (Å²) in [6, 6.07) is 7.74. The van der Waals surface area contributed by atoms with Gasteiger partial charge in [-0.05, 0) is 30.5 Å². The molecule has 21 heavy (non-hydrogen) atoms. The summed E-state index contributed by atoms with van der Waals surface area (Å²) in [7, 11) is -3.89. The van der Waals surface area contributed by atoms with Gasteiger partial charge in [0.05, 0.1) is 4.92 Å². The minimum Gasteiger partial charge on any atom is -0.385 e. The molecule has 7 nitrogen and oxygen atoms in total. The lowest BCUT2D eigenvalue weighted by Crippen LogP contribution is -2.11. The summed E-state index contributed by atoms with van der Waals surface area (Å²) in [4.78, 5) is 11.0. The van der Waals surface area contributed by atoms with Crippen LogP contribution in [0.3, 0.4) is 0 Å². The standard InChI is InChI=1S/C11H11N3O4S3/c1-19-8-4-2-7(3-5-8)13-21(17,18)10-6-9(14(15)16)11(12)20-10/h2-6,13H,12H2,1H3. The summed E-state index contributed by atoms with van der Waals surface area (Å²) in [5.74, 6) is 0. The zero-order valence-corrected chi connectivity index (χ0v) is 13.2. The summed E-state index contributed by atoms with van der Waals surface area (Å²) in [6.45, 7) is 0. The lowest BCUT2D eigenvalue weighted by atomic mass is 10.3. The third-order valence-corrected chi connectivity index (χ3v) is 6.07. The third kappa shape index (κ3) is 3.46. The molecule has 0 bridgehead atoms. The predicted molar refractivity (Wildman–Crippen MR) is 84.4 cm³/mol. The average Bonchev–Trinajstić information content (AvgIpc) is 2.82. The first-order valence-corrected chi connectivity index (χ1v) is 9.06. The number of hydrogen-bond acceptors (Lipinski definition) is 7. The number of nitrogens with one attached hydrogen (secondary N) is 1. The molecule has 0 unspecified atom stereocenters. The lowest BCUT2D eigenvalue weighted by molar-refractivity contribution is -0.383. The van der Waals surface area contributed by atoms with Crippen LogP contribution in [0.1, 0.15) is 0 Å². The Bertz CT molecular complexity index is 769. The molecule has 0 aliphatic rings. The number of nitrogens with two attached hydrogens (primary N) is 1. The van der Waals surface area contributed by atoms with E-state index in [1.165, 1.54) is 11.8 Å². The fourth-order valence-electron chi connectivity index (χ4n) is 1.51. The normalized spacial score (nSPS) is 11.3. The highest BCUT2D eigenvalue weighted by atomic mass is 32.2. The van der Waals surface area contributed by atoms with Gasteiger partial charge >= 0.3 is 5.69 Å². The number of sulfonamides is 1. The molecular weight excluding hydrogens is 334 g/mol. The van der Waals surface area contributed by atoms with E-state index in [4.69, 9.17) is 5.73 Å². The van der Waals surface area contributed by atoms with Gasteiger partial charge in [0.2, 0.25) is 0 Å². The Hall–Kier alpha value is -1.78. The van der Waals surface area contributed by atoms with Crippen LogP contribution in [-0.4, -0.2) is 19.6 Å². The summed E-state index contributed by atoms with van der Waals surface area (Å²) < 4.78 is 26.5. The second-order valence-electron chi connectivity index (χ2n) is 3.91. The first kappa shape index (κ1) is 15.6. The van der Waals surface area contributed by atoms with Crippen molar-refractivity contribution in [1.29, 1.82) is 0 Å². The van der Waals surface area contributed by atoms with Crippen molar-refractivity contribution < 1.29 is 13.3 Å². The van der Waals surface area contributed by atoms with Gasteiger partial charge in [0.25, 0.3) is 10.0 Å². The number of nitrogen functional groups attached to an aromatic ring is 1. The Labute approximate surface area is 129 Å². The second kappa shape index (κ2) is 5.92. The molecule has 0 aliphatic carbocycles. The van der Waals surface area contributed by atoms with E-state index in [1.54, 1.807) is 24.3 Å². The van der Waals surface area contributed by atoms with Gasteiger partial charge in [-0.2, -0.15) is 0 Å². The van der Waals surface area contributed by atoms with Gasteiger partial charge in [-0.1, -0.05) is 11.3 Å². The molecule has 0 saturated heterocycles. The van der Waals surface area contributed by atoms with Crippen molar-refractivity contribution in [3.05, 3.63) is 40.4 Å². The van der Waals surface area contributed by atoms with E-state index in [0.29, 0.717) is 17.0 Å². The van der Waals surface area contributed by atoms with E-state index in [9.17, 15) is 18.5 Å². The Morgan fingerprint density at radius 1 is 1.33 bits per heavy atom. The Balaban J connectivity index is 2.29. The zero-order chi connectivity index (χ0) is 15.6. The van der Waals surface area contributed by atoms with Crippen molar-refractivity contribution in [3.63, 3.8) is 0 Å². The largest absolute Gasteiger partial charge is 0.385 e.